The molecule has 5 aromatic heterocycles. The van der Waals surface area contributed by atoms with Gasteiger partial charge in [0.2, 0.25) is 17.7 Å². The second-order valence-corrected chi connectivity index (χ2v) is 12.7. The van der Waals surface area contributed by atoms with Gasteiger partial charge in [-0.25, -0.2) is 19.9 Å². The molecule has 0 saturated carbocycles. The molecule has 6 aromatic carbocycles. The molecule has 8 nitrogen and oxygen atoms in total. The lowest BCUT2D eigenvalue weighted by Crippen LogP contribution is -1.99. The molecule has 8 heteroatoms. The second kappa shape index (κ2) is 11.1. The maximum atomic E-state index is 6.25. The molecule has 11 aromatic rings. The highest BCUT2D eigenvalue weighted by molar-refractivity contribution is 6.11. The van der Waals surface area contributed by atoms with Gasteiger partial charge < -0.3 is 13.3 Å². The van der Waals surface area contributed by atoms with Crippen molar-refractivity contribution in [1.29, 1.82) is 0 Å². The van der Waals surface area contributed by atoms with Gasteiger partial charge in [0, 0.05) is 28.1 Å². The molecule has 0 N–H and O–H groups in total. The number of fused-ring (bicyclic) bond motifs is 6. The van der Waals surface area contributed by atoms with Crippen LogP contribution >= 0.6 is 0 Å². The molecule has 0 saturated heterocycles. The zero-order chi connectivity index (χ0) is 34.2. The third-order valence-corrected chi connectivity index (χ3v) is 9.57. The number of oxazole rings is 3. The number of hydrogen-bond acceptors (Lipinski definition) is 7. The molecule has 0 spiro atoms. The van der Waals surface area contributed by atoms with Crippen molar-refractivity contribution in [3.8, 4) is 51.3 Å². The normalized spacial score (nSPS) is 11.8. The summed E-state index contributed by atoms with van der Waals surface area (Å²) in [4.78, 5) is 19.5. The zero-order valence-electron chi connectivity index (χ0n) is 27.4. The summed E-state index contributed by atoms with van der Waals surface area (Å²) in [5.41, 5.74) is 11.1. The average molecular weight is 672 g/mol. The molecule has 0 aliphatic heterocycles. The van der Waals surface area contributed by atoms with Crippen molar-refractivity contribution in [3.05, 3.63) is 152 Å². The van der Waals surface area contributed by atoms with Crippen LogP contribution in [0.15, 0.2) is 165 Å². The number of aromatic nitrogens is 5. The highest BCUT2D eigenvalue weighted by Crippen LogP contribution is 2.40. The highest BCUT2D eigenvalue weighted by Gasteiger charge is 2.21. The summed E-state index contributed by atoms with van der Waals surface area (Å²) in [7, 11) is 0. The van der Waals surface area contributed by atoms with Gasteiger partial charge in [-0.1, -0.05) is 66.7 Å². The minimum absolute atomic E-state index is 0.521. The van der Waals surface area contributed by atoms with E-state index in [1.165, 1.54) is 0 Å². The van der Waals surface area contributed by atoms with E-state index in [1.807, 2.05) is 97.2 Å². The first kappa shape index (κ1) is 28.5. The first-order valence-corrected chi connectivity index (χ1v) is 17.0. The Balaban J connectivity index is 1.15. The summed E-state index contributed by atoms with van der Waals surface area (Å²) in [6.45, 7) is 0. The third-order valence-electron chi connectivity index (χ3n) is 9.57. The topological polar surface area (TPSA) is 95.9 Å². The molecular weight excluding hydrogens is 647 g/mol. The van der Waals surface area contributed by atoms with Crippen molar-refractivity contribution in [1.82, 2.24) is 24.5 Å². The predicted octanol–water partition coefficient (Wildman–Crippen LogP) is 11.3. The lowest BCUT2D eigenvalue weighted by atomic mass is 10.0. The van der Waals surface area contributed by atoms with Gasteiger partial charge in [0.25, 0.3) is 0 Å². The van der Waals surface area contributed by atoms with E-state index in [-0.39, 0.29) is 0 Å². The minimum atomic E-state index is 0.521. The Morgan fingerprint density at radius 3 is 1.42 bits per heavy atom. The monoisotopic (exact) mass is 671 g/mol. The van der Waals surface area contributed by atoms with Crippen molar-refractivity contribution >= 4 is 55.1 Å². The van der Waals surface area contributed by atoms with Gasteiger partial charge in [-0.15, -0.1) is 0 Å². The maximum Gasteiger partial charge on any atom is 0.229 e. The fourth-order valence-electron chi connectivity index (χ4n) is 7.11. The maximum absolute atomic E-state index is 6.25. The van der Waals surface area contributed by atoms with E-state index in [4.69, 9.17) is 33.2 Å². The van der Waals surface area contributed by atoms with E-state index >= 15 is 0 Å². The average Bonchev–Trinajstić information content (AvgIpc) is 4.00. The van der Waals surface area contributed by atoms with Crippen LogP contribution in [0.3, 0.4) is 0 Å². The number of benzene rings is 6. The Bertz CT molecular complexity index is 2920. The zero-order valence-corrected chi connectivity index (χ0v) is 27.4. The Morgan fingerprint density at radius 1 is 0.404 bits per heavy atom. The number of hydrogen-bond donors (Lipinski definition) is 0. The van der Waals surface area contributed by atoms with Gasteiger partial charge in [-0.3, -0.25) is 4.57 Å². The first-order chi connectivity index (χ1) is 25.7. The lowest BCUT2D eigenvalue weighted by Gasteiger charge is -2.12. The van der Waals surface area contributed by atoms with E-state index in [9.17, 15) is 0 Å². The van der Waals surface area contributed by atoms with Crippen LogP contribution in [0, 0.1) is 0 Å². The van der Waals surface area contributed by atoms with Crippen LogP contribution in [-0.2, 0) is 0 Å². The van der Waals surface area contributed by atoms with Crippen molar-refractivity contribution in [2.45, 2.75) is 0 Å². The molecule has 0 aliphatic rings. The highest BCUT2D eigenvalue weighted by atomic mass is 16.4. The number of pyridine rings is 1. The second-order valence-electron chi connectivity index (χ2n) is 12.7. The lowest BCUT2D eigenvalue weighted by molar-refractivity contribution is 0.619. The van der Waals surface area contributed by atoms with Crippen LogP contribution in [0.25, 0.3) is 106 Å². The fraction of sp³-hybridized carbons (Fsp3) is 0. The SMILES string of the molecule is c1ccc(-c2cc(-n3c4ccc(-c5nc6ccccc6o5)cc4c4cc(-c5nc6ccccc6o5)ccc43)ncc2-c2nc3ccccc3o2)cc1. The largest absolute Gasteiger partial charge is 0.436 e. The number of para-hydroxylation sites is 6. The molecule has 0 aliphatic carbocycles. The molecule has 0 amide bonds. The Labute approximate surface area is 295 Å². The summed E-state index contributed by atoms with van der Waals surface area (Å²) in [6, 6.07) is 48.4. The Morgan fingerprint density at radius 2 is 0.885 bits per heavy atom. The Kier molecular flexibility index (Phi) is 6.08. The van der Waals surface area contributed by atoms with Crippen LogP contribution in [0.1, 0.15) is 0 Å². The molecule has 52 heavy (non-hydrogen) atoms. The summed E-state index contributed by atoms with van der Waals surface area (Å²) in [5, 5.41) is 2.03. The standard InChI is InChI=1S/C44H25N5O3/c1-2-10-26(11-3-1)29-24-41(45-25-32(29)44-48-35-14-6-9-17-40(35)52-44)49-36-20-18-27(42-46-33-12-4-7-15-38(33)50-42)22-30(36)31-23-28(19-21-37(31)49)43-47-34-13-5-8-16-39(34)51-43/h1-25H. The van der Waals surface area contributed by atoms with Gasteiger partial charge in [0.1, 0.15) is 22.4 Å². The van der Waals surface area contributed by atoms with E-state index < -0.39 is 0 Å². The van der Waals surface area contributed by atoms with Crippen LogP contribution in [0.4, 0.5) is 0 Å². The molecular formula is C44H25N5O3. The molecule has 0 fully saturated rings. The molecule has 0 atom stereocenters. The van der Waals surface area contributed by atoms with E-state index in [0.29, 0.717) is 17.7 Å². The summed E-state index contributed by atoms with van der Waals surface area (Å²) in [5.74, 6) is 2.40. The molecule has 11 rings (SSSR count). The molecule has 0 radical (unpaired) electrons. The van der Waals surface area contributed by atoms with Crippen molar-refractivity contribution in [2.75, 3.05) is 0 Å². The van der Waals surface area contributed by atoms with Gasteiger partial charge >= 0.3 is 0 Å². The van der Waals surface area contributed by atoms with E-state index in [0.717, 1.165) is 88.7 Å². The number of rotatable bonds is 5. The summed E-state index contributed by atoms with van der Waals surface area (Å²) in [6.07, 6.45) is 1.86. The van der Waals surface area contributed by atoms with Gasteiger partial charge in [0.05, 0.1) is 16.6 Å². The summed E-state index contributed by atoms with van der Waals surface area (Å²) >= 11 is 0. The van der Waals surface area contributed by atoms with Gasteiger partial charge in [0.15, 0.2) is 16.7 Å². The Hall–Kier alpha value is -7.32. The molecule has 244 valence electrons. The van der Waals surface area contributed by atoms with Gasteiger partial charge in [-0.2, -0.15) is 0 Å². The van der Waals surface area contributed by atoms with Crippen molar-refractivity contribution in [2.24, 2.45) is 0 Å². The fourth-order valence-corrected chi connectivity index (χ4v) is 7.11. The minimum Gasteiger partial charge on any atom is -0.436 e. The van der Waals surface area contributed by atoms with Crippen molar-refractivity contribution < 1.29 is 13.3 Å². The van der Waals surface area contributed by atoms with E-state index in [2.05, 4.69) is 59.2 Å². The van der Waals surface area contributed by atoms with Crippen molar-refractivity contribution in [3.63, 3.8) is 0 Å². The quantitative estimate of drug-likeness (QED) is 0.180. The molecule has 5 heterocycles. The third kappa shape index (κ3) is 4.48. The van der Waals surface area contributed by atoms with Crippen LogP contribution in [0.5, 0.6) is 0 Å². The molecule has 0 unspecified atom stereocenters. The van der Waals surface area contributed by atoms with Gasteiger partial charge in [-0.05, 0) is 90.0 Å². The summed E-state index contributed by atoms with van der Waals surface area (Å²) < 4.78 is 20.9. The smallest absolute Gasteiger partial charge is 0.229 e. The van der Waals surface area contributed by atoms with Crippen LogP contribution < -0.4 is 0 Å². The number of nitrogens with zero attached hydrogens (tertiary/aromatic N) is 5. The van der Waals surface area contributed by atoms with Crippen LogP contribution in [0.2, 0.25) is 0 Å². The van der Waals surface area contributed by atoms with E-state index in [1.54, 1.807) is 0 Å². The predicted molar refractivity (Wildman–Crippen MR) is 203 cm³/mol. The van der Waals surface area contributed by atoms with Crippen LogP contribution in [-0.4, -0.2) is 24.5 Å². The first-order valence-electron chi connectivity index (χ1n) is 17.0. The molecule has 0 bridgehead atoms.